The van der Waals surface area contributed by atoms with Gasteiger partial charge in [0.05, 0.1) is 6.54 Å². The van der Waals surface area contributed by atoms with E-state index in [0.29, 0.717) is 17.7 Å². The van der Waals surface area contributed by atoms with E-state index in [-0.39, 0.29) is 30.7 Å². The first kappa shape index (κ1) is 15.5. The molecule has 1 fully saturated rings. The molecule has 0 saturated carbocycles. The van der Waals surface area contributed by atoms with E-state index < -0.39 is 6.10 Å². The minimum atomic E-state index is -0.437. The predicted molar refractivity (Wildman–Crippen MR) is 77.7 cm³/mol. The average molecular weight is 290 g/mol. The van der Waals surface area contributed by atoms with Gasteiger partial charge in [0.25, 0.3) is 0 Å². The molecule has 1 aliphatic rings. The molecule has 1 amide bonds. The summed E-state index contributed by atoms with van der Waals surface area (Å²) in [6.07, 6.45) is 0.435. The summed E-state index contributed by atoms with van der Waals surface area (Å²) in [5, 5.41) is 2.72. The molecule has 2 rings (SSSR count). The van der Waals surface area contributed by atoms with Gasteiger partial charge in [0, 0.05) is 24.3 Å². The minimum absolute atomic E-state index is 0.120. The molecule has 1 heterocycles. The molecule has 0 radical (unpaired) electrons. The van der Waals surface area contributed by atoms with E-state index in [4.69, 9.17) is 10.5 Å². The summed E-state index contributed by atoms with van der Waals surface area (Å²) in [6, 6.07) is 4.55. The lowest BCUT2D eigenvalue weighted by Gasteiger charge is -2.14. The number of nitrogens with one attached hydrogen (secondary N) is 1. The van der Waals surface area contributed by atoms with Gasteiger partial charge >= 0.3 is 0 Å². The average Bonchev–Trinajstić information content (AvgIpc) is 2.91. The second-order valence-corrected chi connectivity index (χ2v) is 5.09. The van der Waals surface area contributed by atoms with Crippen molar-refractivity contribution in [2.24, 2.45) is 11.7 Å². The highest BCUT2D eigenvalue weighted by atomic mass is 19.1. The van der Waals surface area contributed by atoms with Crippen LogP contribution < -0.4 is 11.1 Å². The Morgan fingerprint density at radius 3 is 3.05 bits per heavy atom. The van der Waals surface area contributed by atoms with Crippen molar-refractivity contribution in [3.8, 4) is 11.8 Å². The molecule has 0 aromatic heterocycles. The number of hydrogen-bond acceptors (Lipinski definition) is 3. The van der Waals surface area contributed by atoms with Crippen LogP contribution in [0.3, 0.4) is 0 Å². The molecule has 1 saturated heterocycles. The first-order valence-corrected chi connectivity index (χ1v) is 6.98. The Morgan fingerprint density at radius 1 is 1.57 bits per heavy atom. The molecule has 4 nitrogen and oxygen atoms in total. The fraction of sp³-hybridized carbons (Fsp3) is 0.438. The third-order valence-electron chi connectivity index (χ3n) is 3.48. The Hall–Kier alpha value is -1.90. The smallest absolute Gasteiger partial charge is 0.249 e. The van der Waals surface area contributed by atoms with Crippen molar-refractivity contribution >= 4 is 5.91 Å². The number of nitrogens with two attached hydrogens (primary N) is 1. The summed E-state index contributed by atoms with van der Waals surface area (Å²) in [5.74, 6) is 5.19. The van der Waals surface area contributed by atoms with Gasteiger partial charge in [-0.25, -0.2) is 4.39 Å². The van der Waals surface area contributed by atoms with Crippen LogP contribution in [0.5, 0.6) is 0 Å². The predicted octanol–water partition coefficient (Wildman–Crippen LogP) is 1.18. The summed E-state index contributed by atoms with van der Waals surface area (Å²) in [7, 11) is 0. The van der Waals surface area contributed by atoms with Gasteiger partial charge in [0.1, 0.15) is 11.9 Å². The van der Waals surface area contributed by atoms with Crippen LogP contribution in [0.2, 0.25) is 0 Å². The molecule has 1 aromatic rings. The highest BCUT2D eigenvalue weighted by Crippen LogP contribution is 2.20. The zero-order valence-electron chi connectivity index (χ0n) is 12.0. The molecule has 3 N–H and O–H groups in total. The molecule has 0 aliphatic carbocycles. The van der Waals surface area contributed by atoms with Gasteiger partial charge in [-0.05, 0) is 30.5 Å². The summed E-state index contributed by atoms with van der Waals surface area (Å²) in [6.45, 7) is 2.94. The van der Waals surface area contributed by atoms with Crippen LogP contribution in [0.4, 0.5) is 4.39 Å². The van der Waals surface area contributed by atoms with Crippen LogP contribution >= 0.6 is 0 Å². The van der Waals surface area contributed by atoms with Gasteiger partial charge < -0.3 is 15.8 Å². The van der Waals surface area contributed by atoms with Gasteiger partial charge in [0.2, 0.25) is 5.91 Å². The van der Waals surface area contributed by atoms with Crippen molar-refractivity contribution in [2.45, 2.75) is 26.0 Å². The Morgan fingerprint density at radius 2 is 2.38 bits per heavy atom. The van der Waals surface area contributed by atoms with Gasteiger partial charge in [-0.2, -0.15) is 0 Å². The van der Waals surface area contributed by atoms with Gasteiger partial charge in [-0.15, -0.1) is 0 Å². The van der Waals surface area contributed by atoms with Gasteiger partial charge in [0.15, 0.2) is 0 Å². The number of hydrogen-bond donors (Lipinski definition) is 2. The van der Waals surface area contributed by atoms with Crippen molar-refractivity contribution in [1.82, 2.24) is 5.32 Å². The largest absolute Gasteiger partial charge is 0.368 e. The quantitative estimate of drug-likeness (QED) is 0.822. The van der Waals surface area contributed by atoms with Crippen LogP contribution in [0.15, 0.2) is 18.2 Å². The van der Waals surface area contributed by atoms with Crippen molar-refractivity contribution < 1.29 is 13.9 Å². The number of amides is 1. The summed E-state index contributed by atoms with van der Waals surface area (Å²) in [5.41, 5.74) is 6.39. The molecular formula is C16H19FN2O2. The van der Waals surface area contributed by atoms with Crippen molar-refractivity contribution in [3.63, 3.8) is 0 Å². The molecule has 1 aromatic carbocycles. The monoisotopic (exact) mass is 290 g/mol. The molecule has 2 unspecified atom stereocenters. The number of rotatable bonds is 3. The second kappa shape index (κ2) is 7.21. The Bertz CT molecular complexity index is 577. The summed E-state index contributed by atoms with van der Waals surface area (Å²) >= 11 is 0. The van der Waals surface area contributed by atoms with Crippen LogP contribution in [0.25, 0.3) is 0 Å². The van der Waals surface area contributed by atoms with E-state index in [0.717, 1.165) is 6.42 Å². The SMILES string of the molecule is CC1CCOC1C(=O)NCc1cc(C#CCN)ccc1F. The third kappa shape index (κ3) is 4.03. The Kier molecular flexibility index (Phi) is 5.32. The molecule has 2 atom stereocenters. The molecular weight excluding hydrogens is 271 g/mol. The first-order valence-electron chi connectivity index (χ1n) is 6.98. The van der Waals surface area contributed by atoms with Gasteiger partial charge in [-0.3, -0.25) is 4.79 Å². The summed E-state index contributed by atoms with van der Waals surface area (Å²) in [4.78, 5) is 12.0. The van der Waals surface area contributed by atoms with Gasteiger partial charge in [-0.1, -0.05) is 18.8 Å². The van der Waals surface area contributed by atoms with Crippen molar-refractivity contribution in [2.75, 3.05) is 13.2 Å². The molecule has 112 valence electrons. The van der Waals surface area contributed by atoms with Crippen molar-refractivity contribution in [3.05, 3.63) is 35.1 Å². The standard InChI is InChI=1S/C16H19FN2O2/c1-11-6-8-21-15(11)16(20)19-10-13-9-12(3-2-7-18)4-5-14(13)17/h4-5,9,11,15H,6-8,10,18H2,1H3,(H,19,20). The maximum atomic E-state index is 13.7. The van der Waals surface area contributed by atoms with Crippen molar-refractivity contribution in [1.29, 1.82) is 0 Å². The Balaban J connectivity index is 2.00. The fourth-order valence-electron chi connectivity index (χ4n) is 2.25. The zero-order valence-corrected chi connectivity index (χ0v) is 12.0. The van der Waals surface area contributed by atoms with E-state index >= 15 is 0 Å². The van der Waals surface area contributed by atoms with Crippen LogP contribution in [-0.4, -0.2) is 25.2 Å². The normalized spacial score (nSPS) is 20.7. The molecule has 0 spiro atoms. The van der Waals surface area contributed by atoms with E-state index in [9.17, 15) is 9.18 Å². The number of carbonyl (C=O) groups is 1. The lowest BCUT2D eigenvalue weighted by molar-refractivity contribution is -0.131. The fourth-order valence-corrected chi connectivity index (χ4v) is 2.25. The first-order chi connectivity index (χ1) is 10.1. The zero-order chi connectivity index (χ0) is 15.2. The van der Waals surface area contributed by atoms with Crippen LogP contribution in [0, 0.1) is 23.6 Å². The highest BCUT2D eigenvalue weighted by molar-refractivity contribution is 5.81. The maximum Gasteiger partial charge on any atom is 0.249 e. The number of carbonyl (C=O) groups excluding carboxylic acids is 1. The molecule has 1 aliphatic heterocycles. The number of halogens is 1. The Labute approximate surface area is 123 Å². The lowest BCUT2D eigenvalue weighted by Crippen LogP contribution is -2.37. The van der Waals surface area contributed by atoms with E-state index in [1.54, 1.807) is 12.1 Å². The van der Waals surface area contributed by atoms with E-state index in [1.807, 2.05) is 6.92 Å². The van der Waals surface area contributed by atoms with Crippen LogP contribution in [0.1, 0.15) is 24.5 Å². The third-order valence-corrected chi connectivity index (χ3v) is 3.48. The number of ether oxygens (including phenoxy) is 1. The molecule has 0 bridgehead atoms. The summed E-state index contributed by atoms with van der Waals surface area (Å²) < 4.78 is 19.1. The van der Waals surface area contributed by atoms with E-state index in [1.165, 1.54) is 6.07 Å². The molecule has 21 heavy (non-hydrogen) atoms. The highest BCUT2D eigenvalue weighted by Gasteiger charge is 2.30. The van der Waals surface area contributed by atoms with Crippen LogP contribution in [-0.2, 0) is 16.1 Å². The topological polar surface area (TPSA) is 64.3 Å². The number of benzene rings is 1. The van der Waals surface area contributed by atoms with E-state index in [2.05, 4.69) is 17.2 Å². The second-order valence-electron chi connectivity index (χ2n) is 5.09. The minimum Gasteiger partial charge on any atom is -0.368 e. The molecule has 5 heteroatoms. The lowest BCUT2D eigenvalue weighted by atomic mass is 10.0. The maximum absolute atomic E-state index is 13.7.